The third-order valence-electron chi connectivity index (χ3n) is 5.50. The Hall–Kier alpha value is -1.88. The first-order valence-corrected chi connectivity index (χ1v) is 8.86. The van der Waals surface area contributed by atoms with Crippen LogP contribution in [0.1, 0.15) is 37.7 Å². The molecular formula is C19H26N2O3. The third-order valence-corrected chi connectivity index (χ3v) is 5.50. The summed E-state index contributed by atoms with van der Waals surface area (Å²) in [5, 5.41) is 11.7. The van der Waals surface area contributed by atoms with Gasteiger partial charge in [0.15, 0.2) is 0 Å². The van der Waals surface area contributed by atoms with Gasteiger partial charge in [-0.15, -0.1) is 0 Å². The second kappa shape index (κ2) is 7.34. The highest BCUT2D eigenvalue weighted by atomic mass is 16.4. The van der Waals surface area contributed by atoms with E-state index in [1.807, 2.05) is 6.07 Å². The quantitative estimate of drug-likeness (QED) is 0.753. The molecule has 5 nitrogen and oxygen atoms in total. The van der Waals surface area contributed by atoms with Gasteiger partial charge in [-0.2, -0.15) is 0 Å². The molecular weight excluding hydrogens is 304 g/mol. The zero-order valence-electron chi connectivity index (χ0n) is 14.0. The lowest BCUT2D eigenvalue weighted by molar-refractivity contribution is -0.137. The van der Waals surface area contributed by atoms with E-state index in [4.69, 9.17) is 5.11 Å². The average molecular weight is 330 g/mol. The van der Waals surface area contributed by atoms with Crippen molar-refractivity contribution in [3.63, 3.8) is 0 Å². The predicted molar refractivity (Wildman–Crippen MR) is 91.4 cm³/mol. The fourth-order valence-electron chi connectivity index (χ4n) is 4.34. The largest absolute Gasteiger partial charge is 0.481 e. The third kappa shape index (κ3) is 3.61. The number of nitrogens with one attached hydrogen (secondary N) is 1. The Balaban J connectivity index is 1.58. The van der Waals surface area contributed by atoms with Gasteiger partial charge in [0.25, 0.3) is 0 Å². The number of aliphatic carboxylic acids is 1. The normalized spacial score (nSPS) is 26.2. The van der Waals surface area contributed by atoms with Crippen molar-refractivity contribution in [2.75, 3.05) is 19.6 Å². The Morgan fingerprint density at radius 2 is 2.08 bits per heavy atom. The monoisotopic (exact) mass is 330 g/mol. The summed E-state index contributed by atoms with van der Waals surface area (Å²) < 4.78 is 0. The molecule has 0 spiro atoms. The van der Waals surface area contributed by atoms with Crippen LogP contribution in [0, 0.1) is 11.3 Å². The van der Waals surface area contributed by atoms with Crippen molar-refractivity contribution in [2.45, 2.75) is 38.6 Å². The standard InChI is InChI=1S/C19H26N2O3/c22-17(23)9-5-11-20-18(24)19-10-4-8-16(19)13-21(14-19)12-15-6-2-1-3-7-15/h1-3,6-7,16H,4-5,8-14H2,(H,20,24)(H,22,23)/t16-,19-/m1/s1. The average Bonchev–Trinajstić information content (AvgIpc) is 3.10. The second-order valence-electron chi connectivity index (χ2n) is 7.15. The first-order valence-electron chi connectivity index (χ1n) is 8.86. The number of benzene rings is 1. The second-order valence-corrected chi connectivity index (χ2v) is 7.15. The number of fused-ring (bicyclic) bond motifs is 1. The number of rotatable bonds is 7. The van der Waals surface area contributed by atoms with E-state index in [1.165, 1.54) is 5.56 Å². The van der Waals surface area contributed by atoms with E-state index in [9.17, 15) is 9.59 Å². The van der Waals surface area contributed by atoms with Gasteiger partial charge in [0.05, 0.1) is 5.41 Å². The van der Waals surface area contributed by atoms with Gasteiger partial charge in [0.2, 0.25) is 5.91 Å². The van der Waals surface area contributed by atoms with Crippen LogP contribution >= 0.6 is 0 Å². The van der Waals surface area contributed by atoms with E-state index in [1.54, 1.807) is 0 Å². The van der Waals surface area contributed by atoms with Crippen molar-refractivity contribution >= 4 is 11.9 Å². The highest BCUT2D eigenvalue weighted by Crippen LogP contribution is 2.49. The molecule has 3 rings (SSSR count). The smallest absolute Gasteiger partial charge is 0.303 e. The fraction of sp³-hybridized carbons (Fsp3) is 0.579. The number of carboxylic acid groups (broad SMARTS) is 1. The van der Waals surface area contributed by atoms with Crippen LogP contribution < -0.4 is 5.32 Å². The number of carbonyl (C=O) groups excluding carboxylic acids is 1. The van der Waals surface area contributed by atoms with Crippen LogP contribution in [0.2, 0.25) is 0 Å². The maximum absolute atomic E-state index is 12.8. The molecule has 1 aliphatic carbocycles. The summed E-state index contributed by atoms with van der Waals surface area (Å²) in [5.74, 6) is -0.248. The molecule has 2 N–H and O–H groups in total. The number of hydrogen-bond donors (Lipinski definition) is 2. The number of carboxylic acids is 1. The van der Waals surface area contributed by atoms with Crippen molar-refractivity contribution in [1.29, 1.82) is 0 Å². The van der Waals surface area contributed by atoms with Gasteiger partial charge in [0.1, 0.15) is 0 Å². The Bertz CT molecular complexity index is 590. The van der Waals surface area contributed by atoms with Gasteiger partial charge < -0.3 is 10.4 Å². The maximum atomic E-state index is 12.8. The van der Waals surface area contributed by atoms with Crippen molar-refractivity contribution < 1.29 is 14.7 Å². The minimum atomic E-state index is -0.809. The molecule has 0 unspecified atom stereocenters. The lowest BCUT2D eigenvalue weighted by atomic mass is 9.80. The molecule has 1 aromatic carbocycles. The molecule has 130 valence electrons. The van der Waals surface area contributed by atoms with Crippen LogP contribution in [0.15, 0.2) is 30.3 Å². The van der Waals surface area contributed by atoms with Crippen molar-refractivity contribution in [1.82, 2.24) is 10.2 Å². The Morgan fingerprint density at radius 1 is 1.29 bits per heavy atom. The van der Waals surface area contributed by atoms with E-state index in [2.05, 4.69) is 34.5 Å². The highest BCUT2D eigenvalue weighted by Gasteiger charge is 2.54. The molecule has 0 radical (unpaired) electrons. The molecule has 2 atom stereocenters. The number of carbonyl (C=O) groups is 2. The van der Waals surface area contributed by atoms with Crippen LogP contribution in [0.4, 0.5) is 0 Å². The lowest BCUT2D eigenvalue weighted by Crippen LogP contribution is -2.44. The van der Waals surface area contributed by atoms with Crippen LogP contribution in [-0.2, 0) is 16.1 Å². The Kier molecular flexibility index (Phi) is 5.19. The van der Waals surface area contributed by atoms with Gasteiger partial charge in [0, 0.05) is 32.6 Å². The predicted octanol–water partition coefficient (Wildman–Crippen LogP) is 2.27. The molecule has 0 aromatic heterocycles. The van der Waals surface area contributed by atoms with Crippen molar-refractivity contribution in [3.8, 4) is 0 Å². The first kappa shape index (κ1) is 17.0. The summed E-state index contributed by atoms with van der Waals surface area (Å²) in [7, 11) is 0. The molecule has 1 saturated heterocycles. The molecule has 0 bridgehead atoms. The molecule has 2 fully saturated rings. The molecule has 24 heavy (non-hydrogen) atoms. The zero-order chi connectivity index (χ0) is 17.0. The van der Waals surface area contributed by atoms with Gasteiger partial charge >= 0.3 is 5.97 Å². The van der Waals surface area contributed by atoms with Crippen LogP contribution in [0.25, 0.3) is 0 Å². The van der Waals surface area contributed by atoms with Gasteiger partial charge in [-0.05, 0) is 30.7 Å². The van der Waals surface area contributed by atoms with E-state index in [0.29, 0.717) is 18.9 Å². The SMILES string of the molecule is O=C(O)CCCNC(=O)[C@@]12CCC[C@@H]1CN(Cc1ccccc1)C2. The van der Waals surface area contributed by atoms with Crippen molar-refractivity contribution in [3.05, 3.63) is 35.9 Å². The van der Waals surface area contributed by atoms with E-state index in [-0.39, 0.29) is 17.7 Å². The van der Waals surface area contributed by atoms with Gasteiger partial charge in [-0.1, -0.05) is 36.8 Å². The molecule has 1 saturated carbocycles. The van der Waals surface area contributed by atoms with Gasteiger partial charge in [-0.3, -0.25) is 14.5 Å². The molecule has 2 aliphatic rings. The summed E-state index contributed by atoms with van der Waals surface area (Å²) in [6.07, 6.45) is 3.79. The lowest BCUT2D eigenvalue weighted by Gasteiger charge is -2.27. The first-order chi connectivity index (χ1) is 11.6. The summed E-state index contributed by atoms with van der Waals surface area (Å²) in [6, 6.07) is 10.4. The van der Waals surface area contributed by atoms with Crippen LogP contribution in [-0.4, -0.2) is 41.5 Å². The van der Waals surface area contributed by atoms with E-state index < -0.39 is 5.97 Å². The summed E-state index contributed by atoms with van der Waals surface area (Å²) in [6.45, 7) is 3.15. The van der Waals surface area contributed by atoms with E-state index in [0.717, 1.165) is 38.9 Å². The molecule has 1 aromatic rings. The molecule has 1 amide bonds. The minimum Gasteiger partial charge on any atom is -0.481 e. The van der Waals surface area contributed by atoms with E-state index >= 15 is 0 Å². The minimum absolute atomic E-state index is 0.108. The highest BCUT2D eigenvalue weighted by molar-refractivity contribution is 5.84. The Morgan fingerprint density at radius 3 is 2.83 bits per heavy atom. The number of amides is 1. The summed E-state index contributed by atoms with van der Waals surface area (Å²) in [5.41, 5.74) is 1.02. The summed E-state index contributed by atoms with van der Waals surface area (Å²) in [4.78, 5) is 25.8. The number of likely N-dealkylation sites (tertiary alicyclic amines) is 1. The molecule has 5 heteroatoms. The fourth-order valence-corrected chi connectivity index (χ4v) is 4.34. The van der Waals surface area contributed by atoms with Crippen molar-refractivity contribution in [2.24, 2.45) is 11.3 Å². The maximum Gasteiger partial charge on any atom is 0.303 e. The number of hydrogen-bond acceptors (Lipinski definition) is 3. The molecule has 1 heterocycles. The van der Waals surface area contributed by atoms with Crippen LogP contribution in [0.5, 0.6) is 0 Å². The zero-order valence-corrected chi connectivity index (χ0v) is 14.0. The van der Waals surface area contributed by atoms with Gasteiger partial charge in [-0.25, -0.2) is 0 Å². The number of nitrogens with zero attached hydrogens (tertiary/aromatic N) is 1. The topological polar surface area (TPSA) is 69.6 Å². The molecule has 1 aliphatic heterocycles. The summed E-state index contributed by atoms with van der Waals surface area (Å²) >= 11 is 0. The Labute approximate surface area is 143 Å². The van der Waals surface area contributed by atoms with Crippen LogP contribution in [0.3, 0.4) is 0 Å².